The largest absolute Gasteiger partial charge is 0.488 e. The fraction of sp³-hybridized carbons (Fsp3) is 0.343. The number of carbonyl (C=O) groups excluding carboxylic acids is 1. The number of aryl methyl sites for hydroxylation is 1. The van der Waals surface area contributed by atoms with Crippen molar-refractivity contribution in [1.82, 2.24) is 14.7 Å². The van der Waals surface area contributed by atoms with Crippen molar-refractivity contribution < 1.29 is 42.5 Å². The van der Waals surface area contributed by atoms with Crippen LogP contribution in [0.15, 0.2) is 72.3 Å². The third-order valence-corrected chi connectivity index (χ3v) is 8.98. The maximum absolute atomic E-state index is 14.5. The molecule has 2 N–H and O–H groups in total. The fourth-order valence-corrected chi connectivity index (χ4v) is 6.55. The van der Waals surface area contributed by atoms with Gasteiger partial charge in [0.25, 0.3) is 5.91 Å². The number of benzene rings is 3. The minimum Gasteiger partial charge on any atom is -0.488 e. The second-order valence-electron chi connectivity index (χ2n) is 12.1. The van der Waals surface area contributed by atoms with Crippen molar-refractivity contribution in [2.75, 3.05) is 19.7 Å². The van der Waals surface area contributed by atoms with E-state index in [2.05, 4.69) is 0 Å². The number of hydrogen-bond donors (Lipinski definition) is 2. The molecule has 0 aromatic heterocycles. The van der Waals surface area contributed by atoms with Crippen molar-refractivity contribution in [3.05, 3.63) is 106 Å². The molecule has 12 heteroatoms. The van der Waals surface area contributed by atoms with Crippen LogP contribution < -0.4 is 4.74 Å². The zero-order valence-corrected chi connectivity index (χ0v) is 25.4. The van der Waals surface area contributed by atoms with Crippen molar-refractivity contribution in [2.24, 2.45) is 0 Å². The Kier molecular flexibility index (Phi) is 9.10. The highest BCUT2D eigenvalue weighted by Crippen LogP contribution is 2.41. The molecule has 9 nitrogen and oxygen atoms in total. The third kappa shape index (κ3) is 6.77. The maximum atomic E-state index is 14.5. The van der Waals surface area contributed by atoms with Gasteiger partial charge in [0, 0.05) is 31.2 Å². The smallest absolute Gasteiger partial charge is 0.408 e. The lowest BCUT2D eigenvalue weighted by Gasteiger charge is -2.49. The zero-order valence-electron chi connectivity index (χ0n) is 25.4. The van der Waals surface area contributed by atoms with E-state index in [1.54, 1.807) is 4.90 Å². The van der Waals surface area contributed by atoms with Crippen LogP contribution in [0.25, 0.3) is 5.57 Å². The summed E-state index contributed by atoms with van der Waals surface area (Å²) in [7, 11) is 0. The number of rotatable bonds is 10. The van der Waals surface area contributed by atoms with Gasteiger partial charge in [-0.3, -0.25) is 9.69 Å². The average molecular weight is 650 g/mol. The molecule has 2 unspecified atom stereocenters. The molecular formula is C35H34F3N3O6. The summed E-state index contributed by atoms with van der Waals surface area (Å²) < 4.78 is 46.4. The first-order chi connectivity index (χ1) is 22.6. The SMILES string of the molecule is O=C(O)N1CC2CC(c3ccc(CCCOc4c(F)ccc(F)c4F)cc3)=C(C(=O)N(Cc3ccccc3)C3CC3)C(C1)N2C(=O)O. The summed E-state index contributed by atoms with van der Waals surface area (Å²) in [4.78, 5) is 43.3. The standard InChI is InChI=1S/C35H34F3N3O6/c36-27-14-15-28(37)32(31(27)38)47-16-4-7-21-8-10-23(11-9-21)26-17-25-19-39(34(43)44)20-29(41(25)35(45)46)30(26)33(42)40(24-12-13-24)18-22-5-2-1-3-6-22/h1-3,5-6,8-11,14-15,24-25,29H,4,7,12-13,16-20H2,(H,43,44)(H,45,46). The van der Waals surface area contributed by atoms with Crippen LogP contribution in [0.3, 0.4) is 0 Å². The predicted molar refractivity (Wildman–Crippen MR) is 165 cm³/mol. The van der Waals surface area contributed by atoms with Gasteiger partial charge in [-0.25, -0.2) is 18.4 Å². The number of carboxylic acid groups (broad SMARTS) is 2. The number of amides is 3. The zero-order chi connectivity index (χ0) is 33.2. The first-order valence-corrected chi connectivity index (χ1v) is 15.5. The van der Waals surface area contributed by atoms with Gasteiger partial charge in [-0.05, 0) is 66.5 Å². The number of ether oxygens (including phenoxy) is 1. The highest BCUT2D eigenvalue weighted by molar-refractivity contribution is 6.04. The normalized spacial score (nSPS) is 19.0. The Morgan fingerprint density at radius 2 is 1.55 bits per heavy atom. The highest BCUT2D eigenvalue weighted by atomic mass is 19.2. The summed E-state index contributed by atoms with van der Waals surface area (Å²) >= 11 is 0. The van der Waals surface area contributed by atoms with Crippen LogP contribution in [0, 0.1) is 17.5 Å². The number of halogens is 3. The van der Waals surface area contributed by atoms with Crippen molar-refractivity contribution >= 4 is 23.7 Å². The lowest BCUT2D eigenvalue weighted by atomic mass is 9.81. The number of nitrogens with zero attached hydrogens (tertiary/aromatic N) is 3. The van der Waals surface area contributed by atoms with Crippen LogP contribution >= 0.6 is 0 Å². The third-order valence-electron chi connectivity index (χ3n) is 8.98. The molecular weight excluding hydrogens is 615 g/mol. The van der Waals surface area contributed by atoms with Gasteiger partial charge in [-0.1, -0.05) is 54.6 Å². The van der Waals surface area contributed by atoms with Gasteiger partial charge in [-0.15, -0.1) is 0 Å². The Balaban J connectivity index is 1.28. The van der Waals surface area contributed by atoms with Crippen LogP contribution in [0.2, 0.25) is 0 Å². The summed E-state index contributed by atoms with van der Waals surface area (Å²) in [6.07, 6.45) is 0.326. The van der Waals surface area contributed by atoms with Gasteiger partial charge in [-0.2, -0.15) is 4.39 Å². The van der Waals surface area contributed by atoms with Gasteiger partial charge in [0.05, 0.1) is 18.7 Å². The second-order valence-corrected chi connectivity index (χ2v) is 12.1. The molecule has 6 rings (SSSR count). The van der Waals surface area contributed by atoms with E-state index in [1.165, 1.54) is 9.80 Å². The Bertz CT molecular complexity index is 1700. The Labute approximate surface area is 269 Å². The molecule has 3 amide bonds. The van der Waals surface area contributed by atoms with Crippen molar-refractivity contribution in [3.8, 4) is 5.75 Å². The molecule has 47 heavy (non-hydrogen) atoms. The van der Waals surface area contributed by atoms with E-state index in [-0.39, 0.29) is 43.6 Å². The number of hydrogen-bond acceptors (Lipinski definition) is 4. The highest BCUT2D eigenvalue weighted by Gasteiger charge is 2.49. The molecule has 1 aliphatic carbocycles. The average Bonchev–Trinajstić information content (AvgIpc) is 3.90. The van der Waals surface area contributed by atoms with E-state index in [9.17, 15) is 37.8 Å². The lowest BCUT2D eigenvalue weighted by Crippen LogP contribution is -2.65. The molecule has 2 bridgehead atoms. The van der Waals surface area contributed by atoms with Crippen LogP contribution in [0.5, 0.6) is 5.75 Å². The van der Waals surface area contributed by atoms with Crippen LogP contribution in [0.1, 0.15) is 42.4 Å². The van der Waals surface area contributed by atoms with Crippen molar-refractivity contribution in [3.63, 3.8) is 0 Å². The number of fused-ring (bicyclic) bond motifs is 2. The number of carbonyl (C=O) groups is 3. The van der Waals surface area contributed by atoms with Crippen LogP contribution in [-0.2, 0) is 17.8 Å². The fourth-order valence-electron chi connectivity index (χ4n) is 6.55. The molecule has 2 atom stereocenters. The molecule has 2 heterocycles. The Hall–Kier alpha value is -5.00. The summed E-state index contributed by atoms with van der Waals surface area (Å²) in [6, 6.07) is 16.8. The second kappa shape index (κ2) is 13.4. The van der Waals surface area contributed by atoms with Gasteiger partial charge in [0.1, 0.15) is 0 Å². The minimum absolute atomic E-state index is 0.00514. The summed E-state index contributed by atoms with van der Waals surface area (Å²) in [5.74, 6) is -4.61. The maximum Gasteiger partial charge on any atom is 0.408 e. The topological polar surface area (TPSA) is 111 Å². The molecule has 3 aromatic rings. The summed E-state index contributed by atoms with van der Waals surface area (Å²) in [5.41, 5.74) is 3.54. The van der Waals surface area contributed by atoms with Crippen molar-refractivity contribution in [2.45, 2.75) is 56.8 Å². The van der Waals surface area contributed by atoms with E-state index in [4.69, 9.17) is 4.74 Å². The summed E-state index contributed by atoms with van der Waals surface area (Å²) in [5, 5.41) is 20.1. The van der Waals surface area contributed by atoms with Gasteiger partial charge in [0.15, 0.2) is 17.4 Å². The lowest BCUT2D eigenvalue weighted by molar-refractivity contribution is -0.129. The first kappa shape index (κ1) is 32.0. The predicted octanol–water partition coefficient (Wildman–Crippen LogP) is 6.17. The summed E-state index contributed by atoms with van der Waals surface area (Å²) in [6.45, 7) is 0.133. The van der Waals surface area contributed by atoms with E-state index in [0.717, 1.165) is 35.6 Å². The van der Waals surface area contributed by atoms with E-state index < -0.39 is 47.5 Å². The molecule has 0 radical (unpaired) electrons. The van der Waals surface area contributed by atoms with Crippen LogP contribution in [-0.4, -0.2) is 80.8 Å². The molecule has 1 saturated carbocycles. The van der Waals surface area contributed by atoms with Gasteiger partial charge < -0.3 is 24.7 Å². The molecule has 3 aliphatic rings. The van der Waals surface area contributed by atoms with Crippen molar-refractivity contribution in [1.29, 1.82) is 0 Å². The van der Waals surface area contributed by atoms with E-state index in [1.807, 2.05) is 54.6 Å². The van der Waals surface area contributed by atoms with Gasteiger partial charge >= 0.3 is 12.2 Å². The van der Waals surface area contributed by atoms with Gasteiger partial charge in [0.2, 0.25) is 5.82 Å². The first-order valence-electron chi connectivity index (χ1n) is 15.5. The molecule has 2 aliphatic heterocycles. The molecule has 246 valence electrons. The quantitative estimate of drug-likeness (QED) is 0.201. The molecule has 3 aromatic carbocycles. The number of piperazine rings is 1. The molecule has 2 fully saturated rings. The van der Waals surface area contributed by atoms with Crippen LogP contribution in [0.4, 0.5) is 22.8 Å². The molecule has 1 saturated heterocycles. The molecule has 0 spiro atoms. The monoisotopic (exact) mass is 649 g/mol. The van der Waals surface area contributed by atoms with E-state index >= 15 is 0 Å². The Morgan fingerprint density at radius 3 is 2.21 bits per heavy atom. The van der Waals surface area contributed by atoms with E-state index in [0.29, 0.717) is 31.0 Å². The Morgan fingerprint density at radius 1 is 0.851 bits per heavy atom. The minimum atomic E-state index is -1.37.